The molecule has 0 atom stereocenters. The molecule has 0 bridgehead atoms. The van der Waals surface area contributed by atoms with Crippen molar-refractivity contribution in [3.05, 3.63) is 57.4 Å². The predicted molar refractivity (Wildman–Crippen MR) is 67.1 cm³/mol. The Morgan fingerprint density at radius 2 is 2.16 bits per heavy atom. The van der Waals surface area contributed by atoms with Gasteiger partial charge in [0.25, 0.3) is 5.69 Å². The minimum atomic E-state index is -0.578. The highest BCUT2D eigenvalue weighted by molar-refractivity contribution is 6.30. The van der Waals surface area contributed by atoms with Crippen molar-refractivity contribution < 1.29 is 9.66 Å². The maximum absolute atomic E-state index is 10.6. The molecule has 1 heterocycles. The van der Waals surface area contributed by atoms with Crippen LogP contribution in [0.2, 0.25) is 5.02 Å². The van der Waals surface area contributed by atoms with Gasteiger partial charge in [-0.15, -0.1) is 0 Å². The van der Waals surface area contributed by atoms with Gasteiger partial charge < -0.3 is 4.74 Å². The first kappa shape index (κ1) is 12.8. The Morgan fingerprint density at radius 3 is 2.79 bits per heavy atom. The van der Waals surface area contributed by atoms with E-state index < -0.39 is 4.92 Å². The van der Waals surface area contributed by atoms with Gasteiger partial charge in [-0.2, -0.15) is 5.26 Å². The molecule has 1 aromatic carbocycles. The molecular weight excluding hydrogens is 270 g/mol. The van der Waals surface area contributed by atoms with Gasteiger partial charge in [0.1, 0.15) is 23.1 Å². The summed E-state index contributed by atoms with van der Waals surface area (Å²) in [6.45, 7) is 0. The maximum atomic E-state index is 10.6. The number of nitrogens with zero attached hydrogens (tertiary/aromatic N) is 3. The van der Waals surface area contributed by atoms with Crippen LogP contribution in [-0.4, -0.2) is 9.91 Å². The lowest BCUT2D eigenvalue weighted by Gasteiger charge is -2.06. The van der Waals surface area contributed by atoms with E-state index in [-0.39, 0.29) is 17.0 Å². The van der Waals surface area contributed by atoms with Gasteiger partial charge in [-0.25, -0.2) is 0 Å². The topological polar surface area (TPSA) is 89.0 Å². The van der Waals surface area contributed by atoms with Gasteiger partial charge in [-0.05, 0) is 6.07 Å². The summed E-state index contributed by atoms with van der Waals surface area (Å²) in [5.41, 5.74) is -0.109. The molecule has 94 valence electrons. The number of hydrogen-bond donors (Lipinski definition) is 0. The summed E-state index contributed by atoms with van der Waals surface area (Å²) in [4.78, 5) is 13.9. The average molecular weight is 276 g/mol. The zero-order chi connectivity index (χ0) is 13.8. The fraction of sp³-hybridized carbons (Fsp3) is 0. The van der Waals surface area contributed by atoms with Gasteiger partial charge in [0.05, 0.1) is 16.1 Å². The molecule has 0 aliphatic rings. The van der Waals surface area contributed by atoms with Gasteiger partial charge in [0, 0.05) is 24.4 Å². The summed E-state index contributed by atoms with van der Waals surface area (Å²) in [5, 5.41) is 20.0. The summed E-state index contributed by atoms with van der Waals surface area (Å²) in [6.07, 6.45) is 2.86. The van der Waals surface area contributed by atoms with Crippen LogP contribution >= 0.6 is 11.6 Å². The molecule has 0 saturated carbocycles. The molecule has 1 aromatic heterocycles. The monoisotopic (exact) mass is 275 g/mol. The highest BCUT2D eigenvalue weighted by Gasteiger charge is 2.12. The van der Waals surface area contributed by atoms with Crippen molar-refractivity contribution >= 4 is 17.3 Å². The zero-order valence-electron chi connectivity index (χ0n) is 9.41. The first-order chi connectivity index (χ1) is 9.10. The molecule has 0 unspecified atom stereocenters. The summed E-state index contributed by atoms with van der Waals surface area (Å²) in [7, 11) is 0. The van der Waals surface area contributed by atoms with Gasteiger partial charge >= 0.3 is 0 Å². The average Bonchev–Trinajstić information content (AvgIpc) is 2.39. The number of nitro groups is 1. The number of nitriles is 1. The molecule has 0 N–H and O–H groups in total. The number of aromatic nitrogens is 1. The predicted octanol–water partition coefficient (Wildman–Crippen LogP) is 3.31. The summed E-state index contributed by atoms with van der Waals surface area (Å²) in [6, 6.07) is 7.13. The van der Waals surface area contributed by atoms with Crippen LogP contribution in [0.25, 0.3) is 0 Å². The van der Waals surface area contributed by atoms with Crippen molar-refractivity contribution in [1.29, 1.82) is 5.26 Å². The molecule has 7 heteroatoms. The maximum Gasteiger partial charge on any atom is 0.271 e. The Hall–Kier alpha value is -2.65. The number of ether oxygens (including phenoxy) is 1. The van der Waals surface area contributed by atoms with E-state index in [1.54, 1.807) is 0 Å². The second-order valence-corrected chi connectivity index (χ2v) is 3.93. The van der Waals surface area contributed by atoms with Crippen molar-refractivity contribution in [3.8, 4) is 17.6 Å². The Labute approximate surface area is 113 Å². The standard InChI is InChI=1S/C12H6ClN3O3/c13-9-4-11(7-15-6-9)19-12-2-1-10(16(17)18)3-8(12)5-14/h1-4,6-7H. The van der Waals surface area contributed by atoms with Crippen LogP contribution in [0.15, 0.2) is 36.7 Å². The zero-order valence-corrected chi connectivity index (χ0v) is 10.2. The van der Waals surface area contributed by atoms with E-state index in [0.717, 1.165) is 6.07 Å². The first-order valence-corrected chi connectivity index (χ1v) is 5.45. The normalized spacial score (nSPS) is 9.68. The third kappa shape index (κ3) is 2.97. The molecule has 2 aromatic rings. The number of rotatable bonds is 3. The highest BCUT2D eigenvalue weighted by Crippen LogP contribution is 2.28. The first-order valence-electron chi connectivity index (χ1n) is 5.07. The Bertz CT molecular complexity index is 682. The van der Waals surface area contributed by atoms with E-state index in [1.165, 1.54) is 30.6 Å². The van der Waals surface area contributed by atoms with Gasteiger partial charge in [-0.1, -0.05) is 11.6 Å². The fourth-order valence-electron chi connectivity index (χ4n) is 1.38. The largest absolute Gasteiger partial charge is 0.454 e. The van der Waals surface area contributed by atoms with Crippen LogP contribution in [0, 0.1) is 21.4 Å². The van der Waals surface area contributed by atoms with E-state index in [0.29, 0.717) is 10.8 Å². The highest BCUT2D eigenvalue weighted by atomic mass is 35.5. The van der Waals surface area contributed by atoms with Gasteiger partial charge in [-0.3, -0.25) is 15.1 Å². The molecule has 0 saturated heterocycles. The second-order valence-electron chi connectivity index (χ2n) is 3.49. The number of halogens is 1. The lowest BCUT2D eigenvalue weighted by atomic mass is 10.2. The van der Waals surface area contributed by atoms with Crippen LogP contribution in [0.1, 0.15) is 5.56 Å². The molecule has 19 heavy (non-hydrogen) atoms. The minimum Gasteiger partial charge on any atom is -0.454 e. The fourth-order valence-corrected chi connectivity index (χ4v) is 1.55. The van der Waals surface area contributed by atoms with Crippen LogP contribution in [0.5, 0.6) is 11.5 Å². The minimum absolute atomic E-state index is 0.0641. The number of benzene rings is 1. The summed E-state index contributed by atoms with van der Waals surface area (Å²) >= 11 is 5.75. The number of hydrogen-bond acceptors (Lipinski definition) is 5. The molecule has 0 amide bonds. The molecule has 6 nitrogen and oxygen atoms in total. The SMILES string of the molecule is N#Cc1cc([N+](=O)[O-])ccc1Oc1cncc(Cl)c1. The van der Waals surface area contributed by atoms with Crippen LogP contribution < -0.4 is 4.74 Å². The van der Waals surface area contributed by atoms with Crippen molar-refractivity contribution in [2.75, 3.05) is 0 Å². The number of pyridine rings is 1. The Kier molecular flexibility index (Phi) is 3.59. The molecule has 0 spiro atoms. The van der Waals surface area contributed by atoms with E-state index >= 15 is 0 Å². The third-order valence-corrected chi connectivity index (χ3v) is 2.41. The number of nitro benzene ring substituents is 1. The molecule has 0 radical (unpaired) electrons. The lowest BCUT2D eigenvalue weighted by Crippen LogP contribution is -1.92. The summed E-state index contributed by atoms with van der Waals surface area (Å²) in [5.74, 6) is 0.551. The molecule has 0 aliphatic carbocycles. The van der Waals surface area contributed by atoms with Crippen molar-refractivity contribution in [2.45, 2.75) is 0 Å². The van der Waals surface area contributed by atoms with Crippen LogP contribution in [0.3, 0.4) is 0 Å². The molecule has 0 fully saturated rings. The molecular formula is C12H6ClN3O3. The smallest absolute Gasteiger partial charge is 0.271 e. The van der Waals surface area contributed by atoms with Crippen LogP contribution in [-0.2, 0) is 0 Å². The van der Waals surface area contributed by atoms with Crippen molar-refractivity contribution in [1.82, 2.24) is 4.98 Å². The van der Waals surface area contributed by atoms with Gasteiger partial charge in [0.15, 0.2) is 0 Å². The lowest BCUT2D eigenvalue weighted by molar-refractivity contribution is -0.384. The van der Waals surface area contributed by atoms with Crippen molar-refractivity contribution in [3.63, 3.8) is 0 Å². The molecule has 0 aliphatic heterocycles. The van der Waals surface area contributed by atoms with E-state index in [2.05, 4.69) is 4.98 Å². The Morgan fingerprint density at radius 1 is 1.37 bits per heavy atom. The third-order valence-electron chi connectivity index (χ3n) is 2.20. The van der Waals surface area contributed by atoms with Crippen molar-refractivity contribution in [2.24, 2.45) is 0 Å². The van der Waals surface area contributed by atoms with E-state index in [9.17, 15) is 10.1 Å². The second kappa shape index (κ2) is 5.33. The Balaban J connectivity index is 2.36. The quantitative estimate of drug-likeness (QED) is 0.633. The number of non-ortho nitro benzene ring substituents is 1. The summed E-state index contributed by atoms with van der Waals surface area (Å²) < 4.78 is 5.42. The van der Waals surface area contributed by atoms with E-state index in [1.807, 2.05) is 6.07 Å². The van der Waals surface area contributed by atoms with E-state index in [4.69, 9.17) is 21.6 Å². The molecule has 2 rings (SSSR count). The van der Waals surface area contributed by atoms with Crippen LogP contribution in [0.4, 0.5) is 5.69 Å². The van der Waals surface area contributed by atoms with Gasteiger partial charge in [0.2, 0.25) is 0 Å².